The highest BCUT2D eigenvalue weighted by Gasteiger charge is 2.15. The maximum Gasteiger partial charge on any atom is 0.191 e. The molecule has 0 spiro atoms. The minimum absolute atomic E-state index is 0.185. The molecule has 112 valence electrons. The maximum absolute atomic E-state index is 13.8. The van der Waals surface area contributed by atoms with E-state index in [9.17, 15) is 4.39 Å². The first-order valence-corrected chi connectivity index (χ1v) is 8.28. The molecule has 0 fully saturated rings. The summed E-state index contributed by atoms with van der Waals surface area (Å²) in [5.41, 5.74) is 7.24. The predicted octanol–water partition coefficient (Wildman–Crippen LogP) is 2.89. The van der Waals surface area contributed by atoms with Gasteiger partial charge < -0.3 is 10.3 Å². The van der Waals surface area contributed by atoms with Gasteiger partial charge in [0.15, 0.2) is 5.16 Å². The molecule has 0 bridgehead atoms. The first kappa shape index (κ1) is 14.5. The van der Waals surface area contributed by atoms with E-state index in [-0.39, 0.29) is 5.82 Å². The second-order valence-corrected chi connectivity index (χ2v) is 6.22. The Labute approximate surface area is 127 Å². The predicted molar refractivity (Wildman–Crippen MR) is 81.4 cm³/mol. The molecule has 2 aromatic rings. The lowest BCUT2D eigenvalue weighted by Gasteiger charge is -2.08. The second-order valence-electron chi connectivity index (χ2n) is 5.28. The fourth-order valence-corrected chi connectivity index (χ4v) is 3.53. The fraction of sp³-hybridized carbons (Fsp3) is 0.467. The lowest BCUT2D eigenvalue weighted by atomic mass is 10.1. The number of aromatic nitrogens is 3. The fourth-order valence-electron chi connectivity index (χ4n) is 2.57. The topological polar surface area (TPSA) is 56.7 Å². The third-order valence-corrected chi connectivity index (χ3v) is 4.79. The molecule has 0 radical (unpaired) electrons. The van der Waals surface area contributed by atoms with Crippen molar-refractivity contribution in [2.45, 2.75) is 49.7 Å². The highest BCUT2D eigenvalue weighted by atomic mass is 32.2. The van der Waals surface area contributed by atoms with Gasteiger partial charge in [-0.1, -0.05) is 30.3 Å². The minimum atomic E-state index is -0.185. The number of benzene rings is 1. The first-order valence-electron chi connectivity index (χ1n) is 7.30. The molecule has 6 heteroatoms. The van der Waals surface area contributed by atoms with E-state index in [1.165, 1.54) is 18.9 Å². The number of halogens is 1. The van der Waals surface area contributed by atoms with Gasteiger partial charge in [-0.25, -0.2) is 4.39 Å². The Morgan fingerprint density at radius 3 is 3.00 bits per heavy atom. The average Bonchev–Trinajstić information content (AvgIpc) is 2.73. The Morgan fingerprint density at radius 2 is 2.14 bits per heavy atom. The van der Waals surface area contributed by atoms with Crippen molar-refractivity contribution in [3.8, 4) is 0 Å². The van der Waals surface area contributed by atoms with Crippen LogP contribution in [-0.2, 0) is 25.3 Å². The molecular formula is C15H19FN4S. The zero-order chi connectivity index (χ0) is 14.7. The van der Waals surface area contributed by atoms with Crippen LogP contribution in [0.4, 0.5) is 4.39 Å². The maximum atomic E-state index is 13.8. The summed E-state index contributed by atoms with van der Waals surface area (Å²) in [6, 6.07) is 5.05. The number of nitrogens with zero attached hydrogens (tertiary/aromatic N) is 3. The van der Waals surface area contributed by atoms with Gasteiger partial charge in [0.2, 0.25) is 0 Å². The van der Waals surface area contributed by atoms with E-state index >= 15 is 0 Å². The van der Waals surface area contributed by atoms with Crippen LogP contribution in [0.25, 0.3) is 0 Å². The number of aryl methyl sites for hydroxylation is 1. The smallest absolute Gasteiger partial charge is 0.191 e. The van der Waals surface area contributed by atoms with Gasteiger partial charge in [0, 0.05) is 25.3 Å². The van der Waals surface area contributed by atoms with Crippen molar-refractivity contribution in [1.29, 1.82) is 0 Å². The number of fused-ring (bicyclic) bond motifs is 1. The summed E-state index contributed by atoms with van der Waals surface area (Å²) >= 11 is 1.55. The molecule has 4 nitrogen and oxygen atoms in total. The van der Waals surface area contributed by atoms with Crippen LogP contribution in [0.15, 0.2) is 23.4 Å². The molecule has 1 aliphatic heterocycles. The van der Waals surface area contributed by atoms with Gasteiger partial charge in [-0.05, 0) is 30.0 Å². The van der Waals surface area contributed by atoms with E-state index in [0.29, 0.717) is 17.9 Å². The number of thioether (sulfide) groups is 1. The number of rotatable bonds is 4. The zero-order valence-electron chi connectivity index (χ0n) is 11.9. The molecule has 1 aromatic carbocycles. The van der Waals surface area contributed by atoms with E-state index in [1.807, 2.05) is 6.07 Å². The molecule has 0 unspecified atom stereocenters. The summed E-state index contributed by atoms with van der Waals surface area (Å²) in [6.45, 7) is 1.40. The van der Waals surface area contributed by atoms with Crippen molar-refractivity contribution in [1.82, 2.24) is 14.8 Å². The Morgan fingerprint density at radius 1 is 1.24 bits per heavy atom. The van der Waals surface area contributed by atoms with E-state index in [0.717, 1.165) is 35.9 Å². The van der Waals surface area contributed by atoms with E-state index in [2.05, 4.69) is 14.8 Å². The molecule has 1 aromatic heterocycles. The van der Waals surface area contributed by atoms with Crippen LogP contribution in [0.3, 0.4) is 0 Å². The van der Waals surface area contributed by atoms with Gasteiger partial charge in [-0.2, -0.15) is 0 Å². The van der Waals surface area contributed by atoms with Crippen LogP contribution in [0.2, 0.25) is 0 Å². The van der Waals surface area contributed by atoms with Crippen molar-refractivity contribution < 1.29 is 4.39 Å². The van der Waals surface area contributed by atoms with Gasteiger partial charge in [-0.3, -0.25) is 0 Å². The summed E-state index contributed by atoms with van der Waals surface area (Å²) < 4.78 is 16.0. The van der Waals surface area contributed by atoms with Gasteiger partial charge >= 0.3 is 0 Å². The van der Waals surface area contributed by atoms with Crippen molar-refractivity contribution in [2.75, 3.05) is 0 Å². The van der Waals surface area contributed by atoms with Gasteiger partial charge in [-0.15, -0.1) is 10.2 Å². The van der Waals surface area contributed by atoms with Crippen LogP contribution in [-0.4, -0.2) is 14.8 Å². The SMILES string of the molecule is NCc1ccc(F)c(CSc2nnc3n2CCCCC3)c1. The highest BCUT2D eigenvalue weighted by molar-refractivity contribution is 7.98. The molecule has 0 amide bonds. The number of hydrogen-bond acceptors (Lipinski definition) is 4. The van der Waals surface area contributed by atoms with Crippen molar-refractivity contribution in [2.24, 2.45) is 5.73 Å². The average molecular weight is 306 g/mol. The molecule has 2 heterocycles. The normalized spacial score (nSPS) is 14.8. The molecule has 21 heavy (non-hydrogen) atoms. The lowest BCUT2D eigenvalue weighted by molar-refractivity contribution is 0.590. The van der Waals surface area contributed by atoms with Crippen LogP contribution >= 0.6 is 11.8 Å². The van der Waals surface area contributed by atoms with E-state index in [1.54, 1.807) is 17.8 Å². The first-order chi connectivity index (χ1) is 10.3. The van der Waals surface area contributed by atoms with Gasteiger partial charge in [0.05, 0.1) is 0 Å². The quantitative estimate of drug-likeness (QED) is 0.883. The lowest BCUT2D eigenvalue weighted by Crippen LogP contribution is -2.03. The molecule has 2 N–H and O–H groups in total. The largest absolute Gasteiger partial charge is 0.326 e. The van der Waals surface area contributed by atoms with Crippen LogP contribution in [0, 0.1) is 5.82 Å². The van der Waals surface area contributed by atoms with E-state index < -0.39 is 0 Å². The van der Waals surface area contributed by atoms with E-state index in [4.69, 9.17) is 5.73 Å². The molecular weight excluding hydrogens is 287 g/mol. The number of hydrogen-bond donors (Lipinski definition) is 1. The van der Waals surface area contributed by atoms with Crippen LogP contribution < -0.4 is 5.73 Å². The van der Waals surface area contributed by atoms with Gasteiger partial charge in [0.25, 0.3) is 0 Å². The highest BCUT2D eigenvalue weighted by Crippen LogP contribution is 2.26. The molecule has 0 atom stereocenters. The third-order valence-electron chi connectivity index (χ3n) is 3.78. The third kappa shape index (κ3) is 3.27. The van der Waals surface area contributed by atoms with Crippen molar-refractivity contribution in [3.05, 3.63) is 41.0 Å². The summed E-state index contributed by atoms with van der Waals surface area (Å²) in [4.78, 5) is 0. The van der Waals surface area contributed by atoms with Crippen LogP contribution in [0.1, 0.15) is 36.2 Å². The monoisotopic (exact) mass is 306 g/mol. The standard InChI is InChI=1S/C15H19FN4S/c16-13-6-5-11(9-17)8-12(13)10-21-15-19-18-14-4-2-1-3-7-20(14)15/h5-6,8H,1-4,7,9-10,17H2. The summed E-state index contributed by atoms with van der Waals surface area (Å²) in [6.07, 6.45) is 4.57. The summed E-state index contributed by atoms with van der Waals surface area (Å²) in [5, 5.41) is 9.41. The second kappa shape index (κ2) is 6.58. The minimum Gasteiger partial charge on any atom is -0.326 e. The molecule has 3 rings (SSSR count). The molecule has 1 aliphatic rings. The summed E-state index contributed by atoms with van der Waals surface area (Å²) in [5.74, 6) is 1.43. The Bertz CT molecular complexity index is 626. The Hall–Kier alpha value is -1.40. The van der Waals surface area contributed by atoms with Crippen LogP contribution in [0.5, 0.6) is 0 Å². The molecule has 0 saturated carbocycles. The van der Waals surface area contributed by atoms with Crippen molar-refractivity contribution >= 4 is 11.8 Å². The van der Waals surface area contributed by atoms with Gasteiger partial charge in [0.1, 0.15) is 11.6 Å². The Kier molecular flexibility index (Phi) is 4.55. The van der Waals surface area contributed by atoms with Crippen molar-refractivity contribution in [3.63, 3.8) is 0 Å². The molecule has 0 aliphatic carbocycles. The zero-order valence-corrected chi connectivity index (χ0v) is 12.7. The summed E-state index contributed by atoms with van der Waals surface area (Å²) in [7, 11) is 0. The number of nitrogens with two attached hydrogens (primary N) is 1. The molecule has 0 saturated heterocycles. The Balaban J connectivity index is 1.75.